The van der Waals surface area contributed by atoms with Crippen molar-refractivity contribution in [2.45, 2.75) is 45.6 Å². The average molecular weight is 292 g/mol. The van der Waals surface area contributed by atoms with Crippen LogP contribution in [0, 0.1) is 6.92 Å². The minimum Gasteiger partial charge on any atom is -0.489 e. The zero-order valence-corrected chi connectivity index (χ0v) is 13.4. The number of β-amino-alcohol motifs (C(OH)–C–C–N with tert-alkyl or cyclic N) is 1. The minimum absolute atomic E-state index is 0.125. The third-order valence-electron chi connectivity index (χ3n) is 4.12. The fraction of sp³-hybridized carbons (Fsp3) is 0.647. The molecule has 1 aliphatic heterocycles. The van der Waals surface area contributed by atoms with E-state index in [2.05, 4.69) is 17.9 Å². The highest BCUT2D eigenvalue weighted by Crippen LogP contribution is 2.35. The van der Waals surface area contributed by atoms with E-state index in [9.17, 15) is 0 Å². The molecule has 0 spiro atoms. The molecule has 21 heavy (non-hydrogen) atoms. The van der Waals surface area contributed by atoms with Gasteiger partial charge in [0.25, 0.3) is 0 Å². The van der Waals surface area contributed by atoms with Gasteiger partial charge in [-0.25, -0.2) is 0 Å². The summed E-state index contributed by atoms with van der Waals surface area (Å²) in [6, 6.07) is 4.15. The second-order valence-corrected chi connectivity index (χ2v) is 6.28. The summed E-state index contributed by atoms with van der Waals surface area (Å²) in [5.41, 5.74) is 9.36. The Bertz CT molecular complexity index is 472. The highest BCUT2D eigenvalue weighted by atomic mass is 16.5. The van der Waals surface area contributed by atoms with E-state index in [0.29, 0.717) is 11.6 Å². The first-order chi connectivity index (χ1) is 10.0. The highest BCUT2D eigenvalue weighted by molar-refractivity contribution is 5.57. The van der Waals surface area contributed by atoms with E-state index >= 15 is 0 Å². The Balaban J connectivity index is 2.21. The van der Waals surface area contributed by atoms with Crippen LogP contribution in [0.5, 0.6) is 5.75 Å². The van der Waals surface area contributed by atoms with Gasteiger partial charge in [-0.05, 0) is 69.3 Å². The van der Waals surface area contributed by atoms with Crippen LogP contribution in [-0.2, 0) is 0 Å². The first-order valence-electron chi connectivity index (χ1n) is 7.91. The molecule has 0 amide bonds. The van der Waals surface area contributed by atoms with Gasteiger partial charge in [-0.3, -0.25) is 0 Å². The lowest BCUT2D eigenvalue weighted by Crippen LogP contribution is -2.36. The number of ether oxygens (including phenoxy) is 1. The Morgan fingerprint density at radius 2 is 2.19 bits per heavy atom. The van der Waals surface area contributed by atoms with Crippen LogP contribution >= 0.6 is 0 Å². The molecule has 1 heterocycles. The summed E-state index contributed by atoms with van der Waals surface area (Å²) >= 11 is 0. The molecule has 3 N–H and O–H groups in total. The Kier molecular flexibility index (Phi) is 5.48. The number of rotatable bonds is 5. The molecule has 4 nitrogen and oxygen atoms in total. The third kappa shape index (κ3) is 4.11. The number of nitrogen functional groups attached to an aromatic ring is 1. The zero-order chi connectivity index (χ0) is 15.4. The maximum atomic E-state index is 9.13. The molecular weight excluding hydrogens is 264 g/mol. The number of hydrogen-bond acceptors (Lipinski definition) is 4. The molecule has 0 radical (unpaired) electrons. The molecule has 1 aromatic carbocycles. The number of anilines is 1. The molecule has 0 bridgehead atoms. The van der Waals surface area contributed by atoms with Gasteiger partial charge in [0.2, 0.25) is 0 Å². The van der Waals surface area contributed by atoms with Gasteiger partial charge in [-0.1, -0.05) is 0 Å². The standard InChI is InChI=1S/C17H28N2O2/c1-12(2)21-17-10-15(13(3)9-16(17)18)14-5-4-6-19(11-14)7-8-20/h9-10,12,14,20H,4-8,11,18H2,1-3H3. The molecule has 1 aliphatic rings. The summed E-state index contributed by atoms with van der Waals surface area (Å²) in [6.45, 7) is 9.24. The molecule has 1 aromatic rings. The smallest absolute Gasteiger partial charge is 0.142 e. The normalized spacial score (nSPS) is 20.0. The van der Waals surface area contributed by atoms with Crippen molar-refractivity contribution in [1.82, 2.24) is 4.90 Å². The number of piperidine rings is 1. The number of hydrogen-bond donors (Lipinski definition) is 2. The second kappa shape index (κ2) is 7.14. The van der Waals surface area contributed by atoms with E-state index in [1.165, 1.54) is 24.0 Å². The van der Waals surface area contributed by atoms with Crippen molar-refractivity contribution in [3.8, 4) is 5.75 Å². The molecule has 0 saturated carbocycles. The van der Waals surface area contributed by atoms with E-state index in [4.69, 9.17) is 15.6 Å². The van der Waals surface area contributed by atoms with Gasteiger partial charge in [0.15, 0.2) is 0 Å². The summed E-state index contributed by atoms with van der Waals surface area (Å²) in [7, 11) is 0. The zero-order valence-electron chi connectivity index (χ0n) is 13.4. The van der Waals surface area contributed by atoms with Crippen LogP contribution in [0.2, 0.25) is 0 Å². The highest BCUT2D eigenvalue weighted by Gasteiger charge is 2.23. The van der Waals surface area contributed by atoms with Crippen molar-refractivity contribution in [3.63, 3.8) is 0 Å². The van der Waals surface area contributed by atoms with E-state index in [0.717, 1.165) is 25.4 Å². The van der Waals surface area contributed by atoms with Crippen molar-refractivity contribution in [1.29, 1.82) is 0 Å². The first-order valence-corrected chi connectivity index (χ1v) is 7.91. The van der Waals surface area contributed by atoms with E-state index in [1.807, 2.05) is 19.9 Å². The van der Waals surface area contributed by atoms with Crippen LogP contribution < -0.4 is 10.5 Å². The number of benzene rings is 1. The van der Waals surface area contributed by atoms with Crippen LogP contribution in [0.25, 0.3) is 0 Å². The van der Waals surface area contributed by atoms with Crippen molar-refractivity contribution < 1.29 is 9.84 Å². The second-order valence-electron chi connectivity index (χ2n) is 6.28. The fourth-order valence-corrected chi connectivity index (χ4v) is 3.18. The summed E-state index contributed by atoms with van der Waals surface area (Å²) in [6.07, 6.45) is 2.49. The molecule has 4 heteroatoms. The minimum atomic E-state index is 0.125. The van der Waals surface area contributed by atoms with Crippen molar-refractivity contribution >= 4 is 5.69 Å². The number of nitrogens with zero attached hydrogens (tertiary/aromatic N) is 1. The van der Waals surface area contributed by atoms with Crippen molar-refractivity contribution in [2.75, 3.05) is 32.0 Å². The average Bonchev–Trinajstić information content (AvgIpc) is 2.42. The van der Waals surface area contributed by atoms with E-state index in [1.54, 1.807) is 0 Å². The fourth-order valence-electron chi connectivity index (χ4n) is 3.18. The van der Waals surface area contributed by atoms with Crippen LogP contribution in [-0.4, -0.2) is 42.4 Å². The monoisotopic (exact) mass is 292 g/mol. The van der Waals surface area contributed by atoms with Crippen LogP contribution in [0.4, 0.5) is 5.69 Å². The first kappa shape index (κ1) is 16.1. The molecule has 0 aromatic heterocycles. The third-order valence-corrected chi connectivity index (χ3v) is 4.12. The number of likely N-dealkylation sites (tertiary alicyclic amines) is 1. The lowest BCUT2D eigenvalue weighted by atomic mass is 9.87. The molecule has 1 fully saturated rings. The van der Waals surface area contributed by atoms with Gasteiger partial charge in [-0.15, -0.1) is 0 Å². The van der Waals surface area contributed by atoms with Gasteiger partial charge in [0, 0.05) is 13.1 Å². The predicted molar refractivity (Wildman–Crippen MR) is 86.9 cm³/mol. The van der Waals surface area contributed by atoms with Gasteiger partial charge in [0.1, 0.15) is 5.75 Å². The summed E-state index contributed by atoms with van der Waals surface area (Å²) < 4.78 is 5.83. The van der Waals surface area contributed by atoms with Gasteiger partial charge in [-0.2, -0.15) is 0 Å². The molecular formula is C17H28N2O2. The quantitative estimate of drug-likeness (QED) is 0.819. The Morgan fingerprint density at radius 1 is 1.43 bits per heavy atom. The summed E-state index contributed by atoms with van der Waals surface area (Å²) in [4.78, 5) is 2.34. The number of aliphatic hydroxyl groups is 1. The van der Waals surface area contributed by atoms with E-state index < -0.39 is 0 Å². The lowest BCUT2D eigenvalue weighted by Gasteiger charge is -2.33. The maximum absolute atomic E-state index is 9.13. The molecule has 2 rings (SSSR count). The van der Waals surface area contributed by atoms with Crippen molar-refractivity contribution in [2.24, 2.45) is 0 Å². The van der Waals surface area contributed by atoms with Gasteiger partial charge in [0.05, 0.1) is 18.4 Å². The van der Waals surface area contributed by atoms with Crippen LogP contribution in [0.3, 0.4) is 0 Å². The Hall–Kier alpha value is -1.26. The molecule has 1 atom stereocenters. The Labute approximate surface area is 127 Å². The van der Waals surface area contributed by atoms with Gasteiger partial charge >= 0.3 is 0 Å². The van der Waals surface area contributed by atoms with Crippen molar-refractivity contribution in [3.05, 3.63) is 23.3 Å². The maximum Gasteiger partial charge on any atom is 0.142 e. The lowest BCUT2D eigenvalue weighted by molar-refractivity contribution is 0.161. The predicted octanol–water partition coefficient (Wildman–Crippen LogP) is 2.54. The summed E-state index contributed by atoms with van der Waals surface area (Å²) in [5, 5.41) is 9.13. The van der Waals surface area contributed by atoms with E-state index in [-0.39, 0.29) is 12.7 Å². The SMILES string of the molecule is Cc1cc(N)c(OC(C)C)cc1C1CCCN(CCO)C1. The number of nitrogens with two attached hydrogens (primary N) is 1. The van der Waals surface area contributed by atoms with Crippen LogP contribution in [0.1, 0.15) is 43.7 Å². The topological polar surface area (TPSA) is 58.7 Å². The number of aliphatic hydroxyl groups excluding tert-OH is 1. The van der Waals surface area contributed by atoms with Gasteiger partial charge < -0.3 is 20.5 Å². The molecule has 1 saturated heterocycles. The Morgan fingerprint density at radius 3 is 2.86 bits per heavy atom. The summed E-state index contributed by atoms with van der Waals surface area (Å²) in [5.74, 6) is 1.30. The van der Waals surface area contributed by atoms with Crippen LogP contribution in [0.15, 0.2) is 12.1 Å². The molecule has 118 valence electrons. The number of aryl methyl sites for hydroxylation is 1. The largest absolute Gasteiger partial charge is 0.489 e. The molecule has 0 aliphatic carbocycles. The molecule has 1 unspecified atom stereocenters.